The summed E-state index contributed by atoms with van der Waals surface area (Å²) in [6.07, 6.45) is 3.73. The summed E-state index contributed by atoms with van der Waals surface area (Å²) in [6.45, 7) is 15.6. The number of phenolic OH excluding ortho intramolecular Hbond substituents is 2. The Hall–Kier alpha value is -1.22. The van der Waals surface area contributed by atoms with Crippen molar-refractivity contribution in [3.63, 3.8) is 0 Å². The molecule has 0 aromatic heterocycles. The fraction of sp³-hybridized carbons (Fsp3) is 0.700. The predicted octanol–water partition coefficient (Wildman–Crippen LogP) is 4.68. The normalized spacial score (nSPS) is 17.5. The number of benzene rings is 1. The van der Waals surface area contributed by atoms with Gasteiger partial charge in [-0.25, -0.2) is 0 Å². The van der Waals surface area contributed by atoms with Crippen LogP contribution in [0.3, 0.4) is 0 Å². The van der Waals surface area contributed by atoms with Gasteiger partial charge < -0.3 is 10.2 Å². The minimum Gasteiger partial charge on any atom is -0.504 e. The molecule has 2 rings (SSSR count). The summed E-state index contributed by atoms with van der Waals surface area (Å²) < 4.78 is 0. The molecule has 0 saturated carbocycles. The number of hydrogen-bond acceptors (Lipinski definition) is 3. The van der Waals surface area contributed by atoms with Gasteiger partial charge in [0.15, 0.2) is 11.5 Å². The van der Waals surface area contributed by atoms with Gasteiger partial charge in [-0.15, -0.1) is 0 Å². The maximum absolute atomic E-state index is 10.7. The molecule has 1 aromatic rings. The lowest BCUT2D eigenvalue weighted by Gasteiger charge is -2.32. The average Bonchev–Trinajstić information content (AvgIpc) is 2.42. The van der Waals surface area contributed by atoms with Gasteiger partial charge in [-0.3, -0.25) is 4.90 Å². The molecule has 3 nitrogen and oxygen atoms in total. The van der Waals surface area contributed by atoms with Crippen LogP contribution in [0.2, 0.25) is 0 Å². The van der Waals surface area contributed by atoms with Gasteiger partial charge in [-0.1, -0.05) is 54.0 Å². The summed E-state index contributed by atoms with van der Waals surface area (Å²) in [5.41, 5.74) is 2.58. The monoisotopic (exact) mass is 319 g/mol. The van der Waals surface area contributed by atoms with Crippen LogP contribution < -0.4 is 0 Å². The molecule has 1 saturated heterocycles. The van der Waals surface area contributed by atoms with E-state index in [2.05, 4.69) is 52.5 Å². The van der Waals surface area contributed by atoms with Crippen LogP contribution in [-0.4, -0.2) is 28.2 Å². The van der Waals surface area contributed by atoms with E-state index in [0.29, 0.717) is 0 Å². The van der Waals surface area contributed by atoms with Gasteiger partial charge in [0.05, 0.1) is 0 Å². The van der Waals surface area contributed by atoms with E-state index in [1.165, 1.54) is 19.3 Å². The lowest BCUT2D eigenvalue weighted by molar-refractivity contribution is 0.216. The molecule has 0 unspecified atom stereocenters. The molecule has 1 aromatic carbocycles. The molecule has 0 bridgehead atoms. The number of nitrogens with zero attached hydrogens (tertiary/aromatic N) is 1. The molecule has 0 radical (unpaired) electrons. The average molecular weight is 319 g/mol. The molecule has 23 heavy (non-hydrogen) atoms. The van der Waals surface area contributed by atoms with Crippen molar-refractivity contribution in [3.8, 4) is 11.5 Å². The number of hydrogen-bond donors (Lipinski definition) is 2. The second-order valence-corrected chi connectivity index (χ2v) is 8.98. The van der Waals surface area contributed by atoms with Crippen LogP contribution >= 0.6 is 0 Å². The van der Waals surface area contributed by atoms with Crippen LogP contribution in [0, 0.1) is 0 Å². The fourth-order valence-corrected chi connectivity index (χ4v) is 3.44. The van der Waals surface area contributed by atoms with E-state index in [1.807, 2.05) is 0 Å². The van der Waals surface area contributed by atoms with E-state index < -0.39 is 0 Å². The Morgan fingerprint density at radius 3 is 1.83 bits per heavy atom. The summed E-state index contributed by atoms with van der Waals surface area (Å²) in [6, 6.07) is 2.11. The minimum atomic E-state index is -0.203. The molecule has 1 aliphatic rings. The van der Waals surface area contributed by atoms with Crippen LogP contribution in [0.1, 0.15) is 77.5 Å². The van der Waals surface area contributed by atoms with E-state index in [4.69, 9.17) is 0 Å². The zero-order valence-corrected chi connectivity index (χ0v) is 15.7. The standard InChI is InChI=1S/C20H33NO2/c1-19(2,3)15-12-16(20(4,5)6)18(23)17(22)14(15)13-21-10-8-7-9-11-21/h12,22-23H,7-11,13H2,1-6H3. The molecule has 3 heteroatoms. The summed E-state index contributed by atoms with van der Waals surface area (Å²) in [5.74, 6) is 0.130. The van der Waals surface area contributed by atoms with Crippen molar-refractivity contribution in [2.24, 2.45) is 0 Å². The summed E-state index contributed by atoms with van der Waals surface area (Å²) in [5, 5.41) is 21.3. The molecule has 1 aliphatic heterocycles. The number of likely N-dealkylation sites (tertiary alicyclic amines) is 1. The van der Waals surface area contributed by atoms with Gasteiger partial charge >= 0.3 is 0 Å². The van der Waals surface area contributed by atoms with Crippen LogP contribution in [0.25, 0.3) is 0 Å². The second kappa shape index (κ2) is 6.35. The van der Waals surface area contributed by atoms with Crippen molar-refractivity contribution < 1.29 is 10.2 Å². The first kappa shape index (κ1) is 18.1. The third kappa shape index (κ3) is 4.00. The molecule has 0 spiro atoms. The van der Waals surface area contributed by atoms with Crippen molar-refractivity contribution in [1.29, 1.82) is 0 Å². The first-order valence-corrected chi connectivity index (χ1v) is 8.83. The first-order valence-electron chi connectivity index (χ1n) is 8.83. The van der Waals surface area contributed by atoms with Crippen LogP contribution in [0.5, 0.6) is 11.5 Å². The van der Waals surface area contributed by atoms with Crippen molar-refractivity contribution >= 4 is 0 Å². The molecule has 1 heterocycles. The maximum atomic E-state index is 10.7. The smallest absolute Gasteiger partial charge is 0.162 e. The lowest BCUT2D eigenvalue weighted by atomic mass is 9.77. The van der Waals surface area contributed by atoms with Crippen molar-refractivity contribution in [1.82, 2.24) is 4.90 Å². The highest BCUT2D eigenvalue weighted by Crippen LogP contribution is 2.44. The first-order chi connectivity index (χ1) is 10.5. The maximum Gasteiger partial charge on any atom is 0.162 e. The number of rotatable bonds is 2. The van der Waals surface area contributed by atoms with Gasteiger partial charge in [0, 0.05) is 17.7 Å². The van der Waals surface area contributed by atoms with E-state index in [1.54, 1.807) is 0 Å². The number of piperidine rings is 1. The Kier molecular flexibility index (Phi) is 5.00. The van der Waals surface area contributed by atoms with E-state index in [9.17, 15) is 10.2 Å². The summed E-state index contributed by atoms with van der Waals surface area (Å²) >= 11 is 0. The summed E-state index contributed by atoms with van der Waals surface area (Å²) in [7, 11) is 0. The van der Waals surface area contributed by atoms with Crippen LogP contribution in [0.4, 0.5) is 0 Å². The number of phenols is 2. The summed E-state index contributed by atoms with van der Waals surface area (Å²) in [4.78, 5) is 2.39. The third-order valence-corrected chi connectivity index (χ3v) is 4.83. The van der Waals surface area contributed by atoms with E-state index in [-0.39, 0.29) is 22.3 Å². The Labute approximate surface area is 141 Å². The van der Waals surface area contributed by atoms with Gasteiger partial charge in [0.2, 0.25) is 0 Å². The SMILES string of the molecule is CC(C)(C)c1cc(C(C)(C)C)c(CN2CCCCC2)c(O)c1O. The molecule has 0 aliphatic carbocycles. The predicted molar refractivity (Wildman–Crippen MR) is 96.3 cm³/mol. The Morgan fingerprint density at radius 2 is 1.35 bits per heavy atom. The third-order valence-electron chi connectivity index (χ3n) is 4.83. The molecular weight excluding hydrogens is 286 g/mol. The van der Waals surface area contributed by atoms with Gasteiger partial charge in [-0.05, 0) is 42.3 Å². The molecular formula is C20H33NO2. The van der Waals surface area contributed by atoms with Crippen LogP contribution in [-0.2, 0) is 17.4 Å². The highest BCUT2D eigenvalue weighted by molar-refractivity contribution is 5.57. The molecule has 0 amide bonds. The second-order valence-electron chi connectivity index (χ2n) is 8.98. The van der Waals surface area contributed by atoms with E-state index in [0.717, 1.165) is 36.3 Å². The Balaban J connectivity index is 2.53. The largest absolute Gasteiger partial charge is 0.504 e. The fourth-order valence-electron chi connectivity index (χ4n) is 3.44. The van der Waals surface area contributed by atoms with Crippen LogP contribution in [0.15, 0.2) is 6.07 Å². The molecule has 0 atom stereocenters. The van der Waals surface area contributed by atoms with Gasteiger partial charge in [0.1, 0.15) is 0 Å². The highest BCUT2D eigenvalue weighted by atomic mass is 16.3. The zero-order chi connectivity index (χ0) is 17.4. The lowest BCUT2D eigenvalue weighted by Crippen LogP contribution is -2.30. The quantitative estimate of drug-likeness (QED) is 0.778. The zero-order valence-electron chi connectivity index (χ0n) is 15.7. The molecule has 2 N–H and O–H groups in total. The van der Waals surface area contributed by atoms with Crippen molar-refractivity contribution in [2.45, 2.75) is 78.2 Å². The molecule has 130 valence electrons. The number of aromatic hydroxyl groups is 2. The topological polar surface area (TPSA) is 43.7 Å². The minimum absolute atomic E-state index is 0.0532. The van der Waals surface area contributed by atoms with Crippen molar-refractivity contribution in [3.05, 3.63) is 22.8 Å². The Bertz CT molecular complexity index is 558. The van der Waals surface area contributed by atoms with E-state index >= 15 is 0 Å². The molecule has 1 fully saturated rings. The van der Waals surface area contributed by atoms with Gasteiger partial charge in [0.25, 0.3) is 0 Å². The highest BCUT2D eigenvalue weighted by Gasteiger charge is 2.29. The van der Waals surface area contributed by atoms with Gasteiger partial charge in [-0.2, -0.15) is 0 Å². The van der Waals surface area contributed by atoms with Crippen molar-refractivity contribution in [2.75, 3.05) is 13.1 Å². The Morgan fingerprint density at radius 1 is 0.826 bits per heavy atom.